The van der Waals surface area contributed by atoms with Crippen LogP contribution in [0, 0.1) is 11.3 Å². The third kappa shape index (κ3) is 5.05. The maximum atomic E-state index is 7.67. The molecular formula is C23H33ClN6O. The maximum absolute atomic E-state index is 7.67. The zero-order valence-electron chi connectivity index (χ0n) is 18.5. The van der Waals surface area contributed by atoms with E-state index in [4.69, 9.17) is 21.7 Å². The monoisotopic (exact) mass is 444 g/mol. The molecule has 2 aliphatic heterocycles. The molecule has 0 spiro atoms. The number of nitrogens with one attached hydrogen (secondary N) is 3. The van der Waals surface area contributed by atoms with Crippen molar-refractivity contribution in [2.75, 3.05) is 49.6 Å². The first-order valence-corrected chi connectivity index (χ1v) is 11.5. The number of hydrogen-bond donors (Lipinski definition) is 3. The minimum atomic E-state index is 0.188. The predicted octanol–water partition coefficient (Wildman–Crippen LogP) is 4.52. The lowest BCUT2D eigenvalue weighted by Gasteiger charge is -2.50. The van der Waals surface area contributed by atoms with E-state index in [-0.39, 0.29) is 5.54 Å². The second-order valence-corrected chi connectivity index (χ2v) is 9.55. The van der Waals surface area contributed by atoms with Gasteiger partial charge in [-0.3, -0.25) is 10.00 Å². The zero-order chi connectivity index (χ0) is 21.8. The molecule has 3 fully saturated rings. The van der Waals surface area contributed by atoms with Gasteiger partial charge in [0.25, 0.3) is 0 Å². The Bertz CT molecular complexity index is 870. The van der Waals surface area contributed by atoms with Crippen molar-refractivity contribution in [3.8, 4) is 0 Å². The summed E-state index contributed by atoms with van der Waals surface area (Å²) in [6.07, 6.45) is 9.26. The summed E-state index contributed by atoms with van der Waals surface area (Å²) in [6.45, 7) is 10.0. The number of anilines is 3. The average molecular weight is 445 g/mol. The van der Waals surface area contributed by atoms with Crippen LogP contribution in [0.1, 0.15) is 38.7 Å². The van der Waals surface area contributed by atoms with E-state index in [1.165, 1.54) is 25.5 Å². The molecule has 3 aliphatic rings. The van der Waals surface area contributed by atoms with Gasteiger partial charge in [0.2, 0.25) is 0 Å². The summed E-state index contributed by atoms with van der Waals surface area (Å²) in [5, 5.41) is 18.4. The van der Waals surface area contributed by atoms with Gasteiger partial charge in [0.1, 0.15) is 0 Å². The Hall–Kier alpha value is -2.09. The van der Waals surface area contributed by atoms with E-state index in [0.29, 0.717) is 5.02 Å². The van der Waals surface area contributed by atoms with Gasteiger partial charge >= 0.3 is 0 Å². The fourth-order valence-corrected chi connectivity index (χ4v) is 4.49. The molecule has 3 heterocycles. The first-order chi connectivity index (χ1) is 15.0. The molecule has 1 aromatic heterocycles. The summed E-state index contributed by atoms with van der Waals surface area (Å²) in [5.74, 6) is 1.06. The van der Waals surface area contributed by atoms with Crippen LogP contribution in [0.15, 0.2) is 24.5 Å². The zero-order valence-corrected chi connectivity index (χ0v) is 19.2. The van der Waals surface area contributed by atoms with Gasteiger partial charge in [-0.05, 0) is 25.0 Å². The van der Waals surface area contributed by atoms with Crippen LogP contribution in [0.25, 0.3) is 0 Å². The molecule has 1 saturated carbocycles. The van der Waals surface area contributed by atoms with Gasteiger partial charge in [-0.1, -0.05) is 37.8 Å². The van der Waals surface area contributed by atoms with Crippen molar-refractivity contribution in [3.05, 3.63) is 35.1 Å². The van der Waals surface area contributed by atoms with Crippen molar-refractivity contribution < 1.29 is 4.74 Å². The Morgan fingerprint density at radius 2 is 1.97 bits per heavy atom. The lowest BCUT2D eigenvalue weighted by molar-refractivity contribution is -0.131. The summed E-state index contributed by atoms with van der Waals surface area (Å²) in [4.78, 5) is 4.83. The number of rotatable bonds is 5. The van der Waals surface area contributed by atoms with E-state index in [9.17, 15) is 0 Å². The Kier molecular flexibility index (Phi) is 6.84. The van der Waals surface area contributed by atoms with Gasteiger partial charge in [0.05, 0.1) is 41.3 Å². The first-order valence-electron chi connectivity index (χ1n) is 11.2. The van der Waals surface area contributed by atoms with Crippen molar-refractivity contribution >= 4 is 34.9 Å². The molecule has 0 radical (unpaired) electrons. The van der Waals surface area contributed by atoms with Gasteiger partial charge < -0.3 is 20.4 Å². The molecule has 1 aliphatic carbocycles. The van der Waals surface area contributed by atoms with Crippen molar-refractivity contribution in [2.45, 2.75) is 38.6 Å². The molecule has 7 nitrogen and oxygen atoms in total. The van der Waals surface area contributed by atoms with Crippen molar-refractivity contribution in [2.24, 2.45) is 5.92 Å². The summed E-state index contributed by atoms with van der Waals surface area (Å²) < 4.78 is 5.40. The molecular weight excluding hydrogens is 412 g/mol. The van der Waals surface area contributed by atoms with E-state index in [2.05, 4.69) is 39.2 Å². The van der Waals surface area contributed by atoms with Crippen LogP contribution >= 0.6 is 11.6 Å². The highest BCUT2D eigenvalue weighted by Gasteiger charge is 2.40. The average Bonchev–Trinajstić information content (AvgIpc) is 3.25. The number of ether oxygens (including phenoxy) is 1. The summed E-state index contributed by atoms with van der Waals surface area (Å²) in [6, 6.07) is 3.87. The molecule has 31 heavy (non-hydrogen) atoms. The summed E-state index contributed by atoms with van der Waals surface area (Å²) in [7, 11) is 0. The van der Waals surface area contributed by atoms with E-state index in [0.717, 1.165) is 67.9 Å². The molecule has 5 rings (SSSR count). The SMILES string of the molecule is CC1(N2CCN(c3cc(Nc4cn[nH]c4)c(C=N)cc3Cl)CC2)COC1.CC1CCC1. The number of aromatic nitrogens is 2. The maximum Gasteiger partial charge on any atom is 0.0767 e. The largest absolute Gasteiger partial charge is 0.377 e. The Morgan fingerprint density at radius 1 is 1.26 bits per heavy atom. The Morgan fingerprint density at radius 3 is 2.45 bits per heavy atom. The van der Waals surface area contributed by atoms with Gasteiger partial charge in [-0.25, -0.2) is 0 Å². The topological polar surface area (TPSA) is 80.3 Å². The van der Waals surface area contributed by atoms with Gasteiger partial charge in [0.15, 0.2) is 0 Å². The second kappa shape index (κ2) is 9.59. The van der Waals surface area contributed by atoms with Crippen molar-refractivity contribution in [1.82, 2.24) is 15.1 Å². The number of hydrogen-bond acceptors (Lipinski definition) is 6. The molecule has 0 atom stereocenters. The number of H-pyrrole nitrogens is 1. The second-order valence-electron chi connectivity index (χ2n) is 9.15. The quantitative estimate of drug-likeness (QED) is 0.590. The standard InChI is InChI=1S/C18H23ClN6O.C5H10/c1-18(11-26-12-18)25-4-2-24(3-5-25)17-7-16(13(8-20)6-15(17)19)23-14-9-21-22-10-14;1-5-3-2-4-5/h6-10,20,23H,2-5,11-12H2,1H3,(H,21,22);5H,2-4H2,1H3. The third-order valence-electron chi connectivity index (χ3n) is 6.66. The smallest absolute Gasteiger partial charge is 0.0767 e. The fourth-order valence-electron chi connectivity index (χ4n) is 4.20. The van der Waals surface area contributed by atoms with E-state index in [1.807, 2.05) is 12.1 Å². The summed E-state index contributed by atoms with van der Waals surface area (Å²) in [5.41, 5.74) is 3.64. The van der Waals surface area contributed by atoms with E-state index >= 15 is 0 Å². The predicted molar refractivity (Wildman–Crippen MR) is 127 cm³/mol. The normalized spacial score (nSPS) is 20.8. The van der Waals surface area contributed by atoms with Crippen molar-refractivity contribution in [1.29, 1.82) is 5.41 Å². The molecule has 0 unspecified atom stereocenters. The molecule has 168 valence electrons. The van der Waals surface area contributed by atoms with Crippen LogP contribution in [-0.4, -0.2) is 66.2 Å². The van der Waals surface area contributed by atoms with Gasteiger partial charge in [-0.2, -0.15) is 5.10 Å². The third-order valence-corrected chi connectivity index (χ3v) is 6.96. The van der Waals surface area contributed by atoms with Crippen LogP contribution in [0.5, 0.6) is 0 Å². The highest BCUT2D eigenvalue weighted by molar-refractivity contribution is 6.33. The molecule has 2 aromatic rings. The number of benzene rings is 1. The van der Waals surface area contributed by atoms with Crippen LogP contribution in [0.3, 0.4) is 0 Å². The molecule has 8 heteroatoms. The Balaban J connectivity index is 0.000000407. The number of aromatic amines is 1. The van der Waals surface area contributed by atoms with Crippen molar-refractivity contribution in [3.63, 3.8) is 0 Å². The highest BCUT2D eigenvalue weighted by atomic mass is 35.5. The highest BCUT2D eigenvalue weighted by Crippen LogP contribution is 2.34. The molecule has 3 N–H and O–H groups in total. The lowest BCUT2D eigenvalue weighted by Crippen LogP contribution is -2.64. The minimum absolute atomic E-state index is 0.188. The lowest BCUT2D eigenvalue weighted by atomic mass is 9.88. The molecule has 1 aromatic carbocycles. The summed E-state index contributed by atoms with van der Waals surface area (Å²) >= 11 is 6.54. The number of nitrogens with zero attached hydrogens (tertiary/aromatic N) is 3. The Labute approximate surface area is 189 Å². The van der Waals surface area contributed by atoms with E-state index in [1.54, 1.807) is 12.4 Å². The van der Waals surface area contributed by atoms with Crippen LogP contribution in [0.2, 0.25) is 5.02 Å². The van der Waals surface area contributed by atoms with Gasteiger partial charge in [-0.15, -0.1) is 0 Å². The van der Waals surface area contributed by atoms with E-state index < -0.39 is 0 Å². The first kappa shape index (κ1) is 22.1. The number of piperazine rings is 1. The molecule has 0 amide bonds. The van der Waals surface area contributed by atoms with Crippen LogP contribution < -0.4 is 10.2 Å². The fraction of sp³-hybridized carbons (Fsp3) is 0.565. The minimum Gasteiger partial charge on any atom is -0.377 e. The molecule has 2 saturated heterocycles. The number of halogens is 1. The van der Waals surface area contributed by atoms with Crippen LogP contribution in [0.4, 0.5) is 17.1 Å². The van der Waals surface area contributed by atoms with Crippen LogP contribution in [-0.2, 0) is 4.74 Å². The molecule has 0 bridgehead atoms. The van der Waals surface area contributed by atoms with Gasteiger partial charge in [0, 0.05) is 49.8 Å².